The van der Waals surface area contributed by atoms with Crippen molar-refractivity contribution in [2.45, 2.75) is 13.3 Å². The molecule has 20 heavy (non-hydrogen) atoms. The maximum Gasteiger partial charge on any atom is 0.252 e. The summed E-state index contributed by atoms with van der Waals surface area (Å²) in [6.07, 6.45) is 0.784. The summed E-state index contributed by atoms with van der Waals surface area (Å²) in [5, 5.41) is 3.64. The van der Waals surface area contributed by atoms with E-state index in [4.69, 9.17) is 11.6 Å². The number of rotatable bonds is 4. The molecule has 0 aromatic heterocycles. The van der Waals surface area contributed by atoms with Crippen LogP contribution in [0.4, 0.5) is 0 Å². The Labute approximate surface area is 132 Å². The summed E-state index contributed by atoms with van der Waals surface area (Å²) >= 11 is 9.25. The Morgan fingerprint density at radius 3 is 2.55 bits per heavy atom. The lowest BCUT2D eigenvalue weighted by molar-refractivity contribution is 0.0953. The van der Waals surface area contributed by atoms with E-state index in [9.17, 15) is 4.79 Å². The SMILES string of the molecule is Cc1ccc(C(=O)NCCc2ccc(Cl)cc2)c(Br)c1. The van der Waals surface area contributed by atoms with Gasteiger partial charge in [0.25, 0.3) is 5.91 Å². The number of hydrogen-bond donors (Lipinski definition) is 1. The van der Waals surface area contributed by atoms with Gasteiger partial charge in [-0.05, 0) is 64.7 Å². The molecule has 0 bridgehead atoms. The van der Waals surface area contributed by atoms with Crippen molar-refractivity contribution < 1.29 is 4.79 Å². The Kier molecular flexibility index (Phi) is 5.21. The van der Waals surface area contributed by atoms with Crippen LogP contribution < -0.4 is 5.32 Å². The summed E-state index contributed by atoms with van der Waals surface area (Å²) in [6, 6.07) is 13.3. The highest BCUT2D eigenvalue weighted by Gasteiger charge is 2.09. The summed E-state index contributed by atoms with van der Waals surface area (Å²) in [4.78, 5) is 12.1. The zero-order chi connectivity index (χ0) is 14.5. The Bertz CT molecular complexity index is 610. The van der Waals surface area contributed by atoms with Crippen LogP contribution in [-0.2, 0) is 6.42 Å². The van der Waals surface area contributed by atoms with Crippen LogP contribution in [0.5, 0.6) is 0 Å². The molecule has 104 valence electrons. The molecule has 0 saturated heterocycles. The lowest BCUT2D eigenvalue weighted by Gasteiger charge is -2.08. The normalized spacial score (nSPS) is 10.3. The molecule has 2 aromatic carbocycles. The van der Waals surface area contributed by atoms with Crippen LogP contribution in [0.3, 0.4) is 0 Å². The van der Waals surface area contributed by atoms with Gasteiger partial charge < -0.3 is 5.32 Å². The van der Waals surface area contributed by atoms with E-state index in [0.717, 1.165) is 27.0 Å². The fourth-order valence-electron chi connectivity index (χ4n) is 1.87. The van der Waals surface area contributed by atoms with Crippen LogP contribution in [-0.4, -0.2) is 12.5 Å². The van der Waals surface area contributed by atoms with Crippen LogP contribution in [0.1, 0.15) is 21.5 Å². The molecule has 0 radical (unpaired) electrons. The maximum absolute atomic E-state index is 12.1. The molecular weight excluding hydrogens is 338 g/mol. The van der Waals surface area contributed by atoms with Crippen molar-refractivity contribution in [3.8, 4) is 0 Å². The van der Waals surface area contributed by atoms with Crippen LogP contribution in [0.15, 0.2) is 46.9 Å². The second kappa shape index (κ2) is 6.91. The minimum absolute atomic E-state index is 0.0640. The van der Waals surface area contributed by atoms with Gasteiger partial charge in [-0.1, -0.05) is 29.8 Å². The first-order valence-corrected chi connectivity index (χ1v) is 7.52. The van der Waals surface area contributed by atoms with Gasteiger partial charge in [0.2, 0.25) is 0 Å². The minimum atomic E-state index is -0.0640. The molecule has 2 nitrogen and oxygen atoms in total. The topological polar surface area (TPSA) is 29.1 Å². The summed E-state index contributed by atoms with van der Waals surface area (Å²) in [5.41, 5.74) is 2.93. The molecule has 2 rings (SSSR count). The molecule has 1 amide bonds. The van der Waals surface area contributed by atoms with E-state index in [2.05, 4.69) is 21.2 Å². The van der Waals surface area contributed by atoms with E-state index in [1.165, 1.54) is 0 Å². The first-order valence-electron chi connectivity index (χ1n) is 6.35. The van der Waals surface area contributed by atoms with Crippen LogP contribution in [0.25, 0.3) is 0 Å². The van der Waals surface area contributed by atoms with Gasteiger partial charge in [-0.3, -0.25) is 4.79 Å². The van der Waals surface area contributed by atoms with Gasteiger partial charge in [0.05, 0.1) is 5.56 Å². The van der Waals surface area contributed by atoms with Crippen molar-refractivity contribution in [1.82, 2.24) is 5.32 Å². The van der Waals surface area contributed by atoms with Gasteiger partial charge in [0, 0.05) is 16.0 Å². The number of benzene rings is 2. The van der Waals surface area contributed by atoms with Crippen molar-refractivity contribution in [2.24, 2.45) is 0 Å². The summed E-state index contributed by atoms with van der Waals surface area (Å²) in [5.74, 6) is -0.0640. The van der Waals surface area contributed by atoms with E-state index in [0.29, 0.717) is 12.1 Å². The van der Waals surface area contributed by atoms with Gasteiger partial charge in [-0.15, -0.1) is 0 Å². The highest BCUT2D eigenvalue weighted by molar-refractivity contribution is 9.10. The monoisotopic (exact) mass is 351 g/mol. The Morgan fingerprint density at radius 2 is 1.90 bits per heavy atom. The molecular formula is C16H15BrClNO. The second-order valence-electron chi connectivity index (χ2n) is 4.62. The third-order valence-electron chi connectivity index (χ3n) is 2.98. The molecule has 0 heterocycles. The van der Waals surface area contributed by atoms with E-state index < -0.39 is 0 Å². The predicted octanol–water partition coefficient (Wildman–Crippen LogP) is 4.38. The van der Waals surface area contributed by atoms with Gasteiger partial charge in [0.1, 0.15) is 0 Å². The maximum atomic E-state index is 12.1. The molecule has 2 aromatic rings. The summed E-state index contributed by atoms with van der Waals surface area (Å²) < 4.78 is 0.821. The molecule has 4 heteroatoms. The van der Waals surface area contributed by atoms with Gasteiger partial charge in [-0.25, -0.2) is 0 Å². The lowest BCUT2D eigenvalue weighted by Crippen LogP contribution is -2.26. The van der Waals surface area contributed by atoms with Crippen molar-refractivity contribution in [3.05, 3.63) is 68.7 Å². The molecule has 1 N–H and O–H groups in total. The third-order valence-corrected chi connectivity index (χ3v) is 3.89. The van der Waals surface area contributed by atoms with Crippen molar-refractivity contribution >= 4 is 33.4 Å². The van der Waals surface area contributed by atoms with Crippen molar-refractivity contribution in [2.75, 3.05) is 6.54 Å². The Hall–Kier alpha value is -1.32. The Balaban J connectivity index is 1.90. The zero-order valence-corrected chi connectivity index (χ0v) is 13.5. The highest BCUT2D eigenvalue weighted by Crippen LogP contribution is 2.18. The summed E-state index contributed by atoms with van der Waals surface area (Å²) in [6.45, 7) is 2.59. The van der Waals surface area contributed by atoms with Gasteiger partial charge >= 0.3 is 0 Å². The third kappa shape index (κ3) is 4.09. The van der Waals surface area contributed by atoms with E-state index in [-0.39, 0.29) is 5.91 Å². The van der Waals surface area contributed by atoms with Crippen LogP contribution in [0.2, 0.25) is 5.02 Å². The minimum Gasteiger partial charge on any atom is -0.352 e. The fraction of sp³-hybridized carbons (Fsp3) is 0.188. The molecule has 0 saturated carbocycles. The molecule has 0 atom stereocenters. The molecule has 0 fully saturated rings. The summed E-state index contributed by atoms with van der Waals surface area (Å²) in [7, 11) is 0. The largest absolute Gasteiger partial charge is 0.352 e. The average molecular weight is 353 g/mol. The zero-order valence-electron chi connectivity index (χ0n) is 11.1. The molecule has 0 aliphatic carbocycles. The predicted molar refractivity (Wildman–Crippen MR) is 86.4 cm³/mol. The van der Waals surface area contributed by atoms with Gasteiger partial charge in [0.15, 0.2) is 0 Å². The average Bonchev–Trinajstić information content (AvgIpc) is 2.41. The van der Waals surface area contributed by atoms with Crippen LogP contribution in [0, 0.1) is 6.92 Å². The Morgan fingerprint density at radius 1 is 1.20 bits per heavy atom. The number of amides is 1. The smallest absolute Gasteiger partial charge is 0.252 e. The standard InChI is InChI=1S/C16H15BrClNO/c1-11-2-7-14(15(17)10-11)16(20)19-9-8-12-3-5-13(18)6-4-12/h2-7,10H,8-9H2,1H3,(H,19,20). The van der Waals surface area contributed by atoms with Crippen molar-refractivity contribution in [3.63, 3.8) is 0 Å². The van der Waals surface area contributed by atoms with E-state index >= 15 is 0 Å². The lowest BCUT2D eigenvalue weighted by atomic mass is 10.1. The second-order valence-corrected chi connectivity index (χ2v) is 5.91. The molecule has 0 spiro atoms. The quantitative estimate of drug-likeness (QED) is 0.869. The van der Waals surface area contributed by atoms with E-state index in [1.807, 2.05) is 49.4 Å². The molecule has 0 aliphatic rings. The number of halogens is 2. The van der Waals surface area contributed by atoms with Crippen LogP contribution >= 0.6 is 27.5 Å². The fourth-order valence-corrected chi connectivity index (χ4v) is 2.67. The number of nitrogens with one attached hydrogen (secondary N) is 1. The van der Waals surface area contributed by atoms with E-state index in [1.54, 1.807) is 0 Å². The molecule has 0 aliphatic heterocycles. The number of hydrogen-bond acceptors (Lipinski definition) is 1. The molecule has 0 unspecified atom stereocenters. The first-order chi connectivity index (χ1) is 9.56. The van der Waals surface area contributed by atoms with Gasteiger partial charge in [-0.2, -0.15) is 0 Å². The number of carbonyl (C=O) groups excluding carboxylic acids is 1. The van der Waals surface area contributed by atoms with Crippen molar-refractivity contribution in [1.29, 1.82) is 0 Å². The first kappa shape index (κ1) is 15.1. The number of aryl methyl sites for hydroxylation is 1. The highest BCUT2D eigenvalue weighted by atomic mass is 79.9. The number of carbonyl (C=O) groups is 1.